The smallest absolute Gasteiger partial charge is 0.247 e. The molecule has 0 spiro atoms. The number of nitrogens with one attached hydrogen (secondary N) is 1. The number of pyridine rings is 1. The van der Waals surface area contributed by atoms with Crippen LogP contribution >= 0.6 is 0 Å². The number of likely N-dealkylation sites (tertiary alicyclic amines) is 1. The van der Waals surface area contributed by atoms with Crippen molar-refractivity contribution in [3.8, 4) is 0 Å². The Morgan fingerprint density at radius 1 is 1.19 bits per heavy atom. The lowest BCUT2D eigenvalue weighted by Gasteiger charge is -2.42. The molecule has 1 aliphatic rings. The van der Waals surface area contributed by atoms with E-state index in [2.05, 4.69) is 15.4 Å². The zero-order valence-corrected chi connectivity index (χ0v) is 16.1. The molecule has 2 aromatic rings. The molecule has 3 heterocycles. The molecule has 0 bridgehead atoms. The van der Waals surface area contributed by atoms with Crippen LogP contribution in [0.5, 0.6) is 0 Å². The summed E-state index contributed by atoms with van der Waals surface area (Å²) in [6.45, 7) is 1.05. The zero-order chi connectivity index (χ0) is 19.4. The quantitative estimate of drug-likeness (QED) is 0.846. The molecule has 0 radical (unpaired) electrons. The van der Waals surface area contributed by atoms with Gasteiger partial charge in [0.25, 0.3) is 0 Å². The van der Waals surface area contributed by atoms with Gasteiger partial charge >= 0.3 is 0 Å². The Bertz CT molecular complexity index is 794. The molecule has 1 saturated heterocycles. The lowest BCUT2D eigenvalue weighted by Crippen LogP contribution is -2.59. The van der Waals surface area contributed by atoms with Gasteiger partial charge < -0.3 is 15.1 Å². The molecule has 27 heavy (non-hydrogen) atoms. The lowest BCUT2D eigenvalue weighted by molar-refractivity contribution is -0.139. The minimum atomic E-state index is -0.737. The third-order valence-corrected chi connectivity index (χ3v) is 5.03. The fourth-order valence-electron chi connectivity index (χ4n) is 3.47. The molecule has 2 aromatic heterocycles. The summed E-state index contributed by atoms with van der Waals surface area (Å²) in [4.78, 5) is 33.2. The molecule has 0 aliphatic carbocycles. The van der Waals surface area contributed by atoms with Gasteiger partial charge in [0.1, 0.15) is 11.4 Å². The van der Waals surface area contributed by atoms with E-state index >= 15 is 0 Å². The van der Waals surface area contributed by atoms with Crippen molar-refractivity contribution in [3.05, 3.63) is 42.4 Å². The number of likely N-dealkylation sites (N-methyl/N-ethyl adjacent to an activating group) is 1. The SMILES string of the molecule is CN(C)C(=O)C1(Nc2ccnn2C)CCN(C(=O)Cc2ccccn2)CC1. The van der Waals surface area contributed by atoms with Gasteiger partial charge in [0.05, 0.1) is 12.6 Å². The first-order chi connectivity index (χ1) is 12.9. The summed E-state index contributed by atoms with van der Waals surface area (Å²) in [5.41, 5.74) is 0.0238. The molecule has 3 rings (SSSR count). The standard InChI is InChI=1S/C19H26N6O2/c1-23(2)18(27)19(22-16-7-11-21-24(16)3)8-12-25(13-9-19)17(26)14-15-6-4-5-10-20-15/h4-7,10-11,22H,8-9,12-14H2,1-3H3. The Kier molecular flexibility index (Phi) is 5.43. The van der Waals surface area contributed by atoms with E-state index in [0.717, 1.165) is 11.5 Å². The molecular formula is C19H26N6O2. The number of rotatable bonds is 5. The lowest BCUT2D eigenvalue weighted by atomic mass is 9.85. The van der Waals surface area contributed by atoms with Crippen molar-refractivity contribution in [2.45, 2.75) is 24.8 Å². The Morgan fingerprint density at radius 3 is 2.48 bits per heavy atom. The third-order valence-electron chi connectivity index (χ3n) is 5.03. The van der Waals surface area contributed by atoms with Crippen LogP contribution in [0.2, 0.25) is 0 Å². The van der Waals surface area contributed by atoms with Crippen LogP contribution < -0.4 is 5.32 Å². The van der Waals surface area contributed by atoms with Crippen molar-refractivity contribution in [1.29, 1.82) is 0 Å². The Hall–Kier alpha value is -2.90. The second-order valence-electron chi connectivity index (χ2n) is 7.13. The van der Waals surface area contributed by atoms with Crippen LogP contribution in [-0.4, -0.2) is 69.1 Å². The molecular weight excluding hydrogens is 344 g/mol. The van der Waals surface area contributed by atoms with Gasteiger partial charge in [0.15, 0.2) is 0 Å². The van der Waals surface area contributed by atoms with E-state index in [1.54, 1.807) is 36.1 Å². The Morgan fingerprint density at radius 2 is 1.93 bits per heavy atom. The molecule has 144 valence electrons. The topological polar surface area (TPSA) is 83.4 Å². The normalized spacial score (nSPS) is 16.0. The van der Waals surface area contributed by atoms with E-state index < -0.39 is 5.54 Å². The summed E-state index contributed by atoms with van der Waals surface area (Å²) in [6, 6.07) is 7.42. The summed E-state index contributed by atoms with van der Waals surface area (Å²) in [6.07, 6.45) is 4.76. The number of hydrogen-bond donors (Lipinski definition) is 1. The van der Waals surface area contributed by atoms with Crippen LogP contribution in [0.3, 0.4) is 0 Å². The maximum absolute atomic E-state index is 12.9. The van der Waals surface area contributed by atoms with Crippen LogP contribution in [0, 0.1) is 0 Å². The first kappa shape index (κ1) is 18.9. The molecule has 0 unspecified atom stereocenters. The maximum atomic E-state index is 12.9. The highest BCUT2D eigenvalue weighted by Gasteiger charge is 2.43. The first-order valence-electron chi connectivity index (χ1n) is 9.07. The van der Waals surface area contributed by atoms with Gasteiger partial charge in [-0.3, -0.25) is 19.3 Å². The van der Waals surface area contributed by atoms with Gasteiger partial charge in [-0.05, 0) is 25.0 Å². The number of amides is 2. The fourth-order valence-corrected chi connectivity index (χ4v) is 3.47. The van der Waals surface area contributed by atoms with Crippen molar-refractivity contribution in [1.82, 2.24) is 24.6 Å². The van der Waals surface area contributed by atoms with E-state index in [9.17, 15) is 9.59 Å². The number of aryl methyl sites for hydroxylation is 1. The van der Waals surface area contributed by atoms with Crippen LogP contribution in [-0.2, 0) is 23.1 Å². The minimum Gasteiger partial charge on any atom is -0.356 e. The molecule has 1 N–H and O–H groups in total. The fraction of sp³-hybridized carbons (Fsp3) is 0.474. The number of carbonyl (C=O) groups is 2. The highest BCUT2D eigenvalue weighted by Crippen LogP contribution is 2.29. The van der Waals surface area contributed by atoms with Gasteiger partial charge in [-0.15, -0.1) is 0 Å². The Balaban J connectivity index is 1.70. The zero-order valence-electron chi connectivity index (χ0n) is 16.1. The number of nitrogens with zero attached hydrogens (tertiary/aromatic N) is 5. The summed E-state index contributed by atoms with van der Waals surface area (Å²) in [5.74, 6) is 0.846. The summed E-state index contributed by atoms with van der Waals surface area (Å²) >= 11 is 0. The van der Waals surface area contributed by atoms with E-state index in [0.29, 0.717) is 25.9 Å². The van der Waals surface area contributed by atoms with Crippen molar-refractivity contribution >= 4 is 17.6 Å². The molecule has 0 saturated carbocycles. The van der Waals surface area contributed by atoms with E-state index in [1.165, 1.54) is 0 Å². The van der Waals surface area contributed by atoms with Crippen LogP contribution in [0.4, 0.5) is 5.82 Å². The third kappa shape index (κ3) is 4.10. The van der Waals surface area contributed by atoms with Crippen molar-refractivity contribution in [3.63, 3.8) is 0 Å². The largest absolute Gasteiger partial charge is 0.356 e. The summed E-state index contributed by atoms with van der Waals surface area (Å²) in [7, 11) is 5.35. The molecule has 8 heteroatoms. The second kappa shape index (κ2) is 7.77. The predicted molar refractivity (Wildman–Crippen MR) is 102 cm³/mol. The number of carbonyl (C=O) groups excluding carboxylic acids is 2. The van der Waals surface area contributed by atoms with E-state index in [1.807, 2.05) is 36.2 Å². The Labute approximate surface area is 159 Å². The number of anilines is 1. The average molecular weight is 370 g/mol. The summed E-state index contributed by atoms with van der Waals surface area (Å²) < 4.78 is 1.71. The molecule has 2 amide bonds. The summed E-state index contributed by atoms with van der Waals surface area (Å²) in [5, 5.41) is 7.56. The van der Waals surface area contributed by atoms with E-state index in [4.69, 9.17) is 0 Å². The van der Waals surface area contributed by atoms with Crippen molar-refractivity contribution < 1.29 is 9.59 Å². The molecule has 1 aliphatic heterocycles. The van der Waals surface area contributed by atoms with Crippen LogP contribution in [0.15, 0.2) is 36.7 Å². The van der Waals surface area contributed by atoms with Gasteiger partial charge in [-0.2, -0.15) is 5.10 Å². The predicted octanol–water partition coefficient (Wildman–Crippen LogP) is 0.919. The van der Waals surface area contributed by atoms with Gasteiger partial charge in [0, 0.05) is 52.2 Å². The average Bonchev–Trinajstić information content (AvgIpc) is 3.06. The molecule has 8 nitrogen and oxygen atoms in total. The first-order valence-corrected chi connectivity index (χ1v) is 9.07. The minimum absolute atomic E-state index is 0.0144. The highest BCUT2D eigenvalue weighted by molar-refractivity contribution is 5.89. The number of aromatic nitrogens is 3. The van der Waals surface area contributed by atoms with Crippen LogP contribution in [0.1, 0.15) is 18.5 Å². The number of piperidine rings is 1. The second-order valence-corrected chi connectivity index (χ2v) is 7.13. The number of hydrogen-bond acceptors (Lipinski definition) is 5. The monoisotopic (exact) mass is 370 g/mol. The van der Waals surface area contributed by atoms with Gasteiger partial charge in [0.2, 0.25) is 11.8 Å². The van der Waals surface area contributed by atoms with Crippen molar-refractivity contribution in [2.24, 2.45) is 7.05 Å². The highest BCUT2D eigenvalue weighted by atomic mass is 16.2. The van der Waals surface area contributed by atoms with Crippen LogP contribution in [0.25, 0.3) is 0 Å². The van der Waals surface area contributed by atoms with Crippen molar-refractivity contribution in [2.75, 3.05) is 32.5 Å². The van der Waals surface area contributed by atoms with Gasteiger partial charge in [-0.1, -0.05) is 6.07 Å². The van der Waals surface area contributed by atoms with Gasteiger partial charge in [-0.25, -0.2) is 0 Å². The molecule has 0 atom stereocenters. The maximum Gasteiger partial charge on any atom is 0.247 e. The molecule has 0 aromatic carbocycles. The molecule has 1 fully saturated rings. The van der Waals surface area contributed by atoms with E-state index in [-0.39, 0.29) is 18.2 Å².